The summed E-state index contributed by atoms with van der Waals surface area (Å²) in [6.07, 6.45) is 4.25. The van der Waals surface area contributed by atoms with Crippen LogP contribution in [0.15, 0.2) is 60.7 Å². The van der Waals surface area contributed by atoms with Gasteiger partial charge < -0.3 is 4.90 Å². The second-order valence-corrected chi connectivity index (χ2v) is 6.97. The maximum atomic E-state index is 6.46. The Labute approximate surface area is 153 Å². The van der Waals surface area contributed by atoms with Crippen molar-refractivity contribution in [3.05, 3.63) is 76.8 Å². The summed E-state index contributed by atoms with van der Waals surface area (Å²) in [7, 11) is 6.15. The molecule has 0 saturated heterocycles. The minimum absolute atomic E-state index is 0.763. The smallest absolute Gasteiger partial charge is 0.214 e. The lowest BCUT2D eigenvalue weighted by Gasteiger charge is -2.13. The molecule has 0 radical (unpaired) electrons. The van der Waals surface area contributed by atoms with E-state index in [1.165, 1.54) is 27.7 Å². The van der Waals surface area contributed by atoms with Gasteiger partial charge in [0.1, 0.15) is 7.05 Å². The summed E-state index contributed by atoms with van der Waals surface area (Å²) in [6, 6.07) is 19.1. The zero-order chi connectivity index (χ0) is 17.6. The molecule has 2 nitrogen and oxygen atoms in total. The molecule has 0 fully saturated rings. The van der Waals surface area contributed by atoms with Gasteiger partial charge in [0.2, 0.25) is 11.4 Å². The van der Waals surface area contributed by atoms with Gasteiger partial charge in [0, 0.05) is 36.9 Å². The van der Waals surface area contributed by atoms with Crippen LogP contribution in [0.2, 0.25) is 5.02 Å². The number of allylic oxidation sites excluding steroid dienone is 1. The molecule has 3 heteroatoms. The average molecular weight is 348 g/mol. The molecule has 124 valence electrons. The third-order valence-corrected chi connectivity index (χ3v) is 5.13. The van der Waals surface area contributed by atoms with E-state index in [-0.39, 0.29) is 0 Å². The van der Waals surface area contributed by atoms with Gasteiger partial charge in [-0.1, -0.05) is 41.9 Å². The Morgan fingerprint density at radius 1 is 0.960 bits per heavy atom. The lowest BCUT2D eigenvalue weighted by Crippen LogP contribution is -2.08. The number of rotatable bonds is 3. The van der Waals surface area contributed by atoms with Gasteiger partial charge in [0.25, 0.3) is 0 Å². The minimum atomic E-state index is 0.763. The van der Waals surface area contributed by atoms with Crippen LogP contribution < -0.4 is 4.90 Å². The molecule has 25 heavy (non-hydrogen) atoms. The zero-order valence-electron chi connectivity index (χ0n) is 14.6. The van der Waals surface area contributed by atoms with E-state index in [2.05, 4.69) is 77.2 Å². The summed E-state index contributed by atoms with van der Waals surface area (Å²) in [5.41, 5.74) is 5.84. The molecule has 0 N–H and O–H groups in total. The summed E-state index contributed by atoms with van der Waals surface area (Å²) in [6.45, 7) is 0. The van der Waals surface area contributed by atoms with Crippen molar-refractivity contribution in [3.63, 3.8) is 0 Å². The van der Waals surface area contributed by atoms with Gasteiger partial charge in [-0.05, 0) is 35.2 Å². The van der Waals surface area contributed by atoms with E-state index in [0.717, 1.165) is 16.3 Å². The van der Waals surface area contributed by atoms with Crippen LogP contribution in [0.25, 0.3) is 16.8 Å². The summed E-state index contributed by atoms with van der Waals surface area (Å²) in [5.74, 6) is 0. The monoisotopic (exact) mass is 347 g/mol. The molecule has 0 atom stereocenters. The van der Waals surface area contributed by atoms with Crippen molar-refractivity contribution in [2.24, 2.45) is 0 Å². The summed E-state index contributed by atoms with van der Waals surface area (Å²) >= 11 is 6.46. The van der Waals surface area contributed by atoms with Gasteiger partial charge in [0.15, 0.2) is 0 Å². The molecule has 0 amide bonds. The lowest BCUT2D eigenvalue weighted by atomic mass is 10.0. The van der Waals surface area contributed by atoms with Crippen LogP contribution in [-0.4, -0.2) is 31.4 Å². The molecular formula is C22H20ClN2+. The number of benzene rings is 3. The highest BCUT2D eigenvalue weighted by atomic mass is 35.5. The van der Waals surface area contributed by atoms with E-state index >= 15 is 0 Å². The molecule has 0 saturated carbocycles. The Balaban J connectivity index is 1.76. The Hall–Kier alpha value is -2.58. The third kappa shape index (κ3) is 2.63. The molecule has 0 aromatic heterocycles. The third-order valence-electron chi connectivity index (χ3n) is 4.80. The van der Waals surface area contributed by atoms with Crippen molar-refractivity contribution in [1.29, 1.82) is 0 Å². The van der Waals surface area contributed by atoms with Crippen LogP contribution in [0, 0.1) is 0 Å². The largest absolute Gasteiger partial charge is 0.378 e. The minimum Gasteiger partial charge on any atom is -0.378 e. The SMILES string of the molecule is CN(C)c1ccc(C=CC2=[N+](C)c3cccc4cccc2c34)c(Cl)c1. The van der Waals surface area contributed by atoms with Gasteiger partial charge in [0.05, 0.1) is 10.9 Å². The number of nitrogens with zero attached hydrogens (tertiary/aromatic N) is 2. The highest BCUT2D eigenvalue weighted by Crippen LogP contribution is 2.35. The maximum absolute atomic E-state index is 6.46. The second-order valence-electron chi connectivity index (χ2n) is 6.56. The van der Waals surface area contributed by atoms with Gasteiger partial charge in [-0.3, -0.25) is 0 Å². The van der Waals surface area contributed by atoms with Crippen LogP contribution in [0.1, 0.15) is 11.1 Å². The summed E-state index contributed by atoms with van der Waals surface area (Å²) in [5, 5.41) is 3.36. The fraction of sp³-hybridized carbons (Fsp3) is 0.136. The van der Waals surface area contributed by atoms with Gasteiger partial charge in [-0.15, -0.1) is 0 Å². The van der Waals surface area contributed by atoms with Crippen molar-refractivity contribution in [2.45, 2.75) is 0 Å². The van der Waals surface area contributed by atoms with Crippen molar-refractivity contribution in [1.82, 2.24) is 0 Å². The molecule has 0 aliphatic carbocycles. The number of hydrogen-bond acceptors (Lipinski definition) is 1. The van der Waals surface area contributed by atoms with E-state index in [1.807, 2.05) is 20.2 Å². The van der Waals surface area contributed by atoms with Gasteiger partial charge in [-0.25, -0.2) is 0 Å². The fourth-order valence-corrected chi connectivity index (χ4v) is 3.66. The Kier molecular flexibility index (Phi) is 3.85. The van der Waals surface area contributed by atoms with Gasteiger partial charge >= 0.3 is 0 Å². The molecule has 0 unspecified atom stereocenters. The van der Waals surface area contributed by atoms with Crippen LogP contribution in [0.3, 0.4) is 0 Å². The Morgan fingerprint density at radius 3 is 2.44 bits per heavy atom. The summed E-state index contributed by atoms with van der Waals surface area (Å²) < 4.78 is 2.25. The highest BCUT2D eigenvalue weighted by Gasteiger charge is 2.27. The second kappa shape index (κ2) is 6.05. The highest BCUT2D eigenvalue weighted by molar-refractivity contribution is 6.32. The Bertz CT molecular complexity index is 1040. The fourth-order valence-electron chi connectivity index (χ4n) is 3.42. The van der Waals surface area contributed by atoms with E-state index in [9.17, 15) is 0 Å². The first-order valence-electron chi connectivity index (χ1n) is 8.34. The first-order valence-corrected chi connectivity index (χ1v) is 8.72. The quantitative estimate of drug-likeness (QED) is 0.579. The summed E-state index contributed by atoms with van der Waals surface area (Å²) in [4.78, 5) is 2.05. The predicted octanol–water partition coefficient (Wildman–Crippen LogP) is 5.35. The topological polar surface area (TPSA) is 6.25 Å². The molecule has 1 aliphatic rings. The molecule has 1 aliphatic heterocycles. The van der Waals surface area contributed by atoms with Crippen molar-refractivity contribution in [2.75, 3.05) is 26.0 Å². The van der Waals surface area contributed by atoms with E-state index in [1.54, 1.807) is 0 Å². The molecule has 0 bridgehead atoms. The molecule has 1 heterocycles. The Morgan fingerprint density at radius 2 is 1.72 bits per heavy atom. The number of anilines is 1. The molecule has 3 aromatic carbocycles. The van der Waals surface area contributed by atoms with Crippen molar-refractivity contribution >= 4 is 45.5 Å². The van der Waals surface area contributed by atoms with Gasteiger partial charge in [-0.2, -0.15) is 4.58 Å². The maximum Gasteiger partial charge on any atom is 0.214 e. The molecular weight excluding hydrogens is 328 g/mol. The predicted molar refractivity (Wildman–Crippen MR) is 109 cm³/mol. The normalized spacial score (nSPS) is 13.3. The molecule has 3 aromatic rings. The molecule has 0 spiro atoms. The molecule has 4 rings (SSSR count). The first-order chi connectivity index (χ1) is 12.1. The standard InChI is InChI=1S/C22H20ClN2/c1-24(2)17-12-10-15(19(23)14-17)11-13-20-18-8-4-6-16-7-5-9-21(22(16)18)25(20)3/h4-14H,1-3H3/q+1. The van der Waals surface area contributed by atoms with Crippen molar-refractivity contribution in [3.8, 4) is 0 Å². The lowest BCUT2D eigenvalue weighted by molar-refractivity contribution is -0.399. The van der Waals surface area contributed by atoms with Crippen LogP contribution >= 0.6 is 11.6 Å². The van der Waals surface area contributed by atoms with E-state index < -0.39 is 0 Å². The van der Waals surface area contributed by atoms with E-state index in [4.69, 9.17) is 11.6 Å². The van der Waals surface area contributed by atoms with E-state index in [0.29, 0.717) is 0 Å². The number of halogens is 1. The van der Waals surface area contributed by atoms with Crippen LogP contribution in [0.5, 0.6) is 0 Å². The number of hydrogen-bond donors (Lipinski definition) is 0. The van der Waals surface area contributed by atoms with Crippen LogP contribution in [-0.2, 0) is 0 Å². The van der Waals surface area contributed by atoms with Crippen molar-refractivity contribution < 1.29 is 4.58 Å². The average Bonchev–Trinajstić information content (AvgIpc) is 2.88. The first kappa shape index (κ1) is 15.9. The zero-order valence-corrected chi connectivity index (χ0v) is 15.4. The van der Waals surface area contributed by atoms with Crippen LogP contribution in [0.4, 0.5) is 11.4 Å².